The van der Waals surface area contributed by atoms with E-state index in [4.69, 9.17) is 23.7 Å². The molecule has 0 aliphatic carbocycles. The lowest BCUT2D eigenvalue weighted by molar-refractivity contribution is -0.0353. The molecule has 2 atom stereocenters. The quantitative estimate of drug-likeness (QED) is 0.275. The van der Waals surface area contributed by atoms with E-state index in [-0.39, 0.29) is 12.2 Å². The second-order valence-electron chi connectivity index (χ2n) is 8.61. The minimum Gasteiger partial charge on any atom is -0.493 e. The van der Waals surface area contributed by atoms with Crippen molar-refractivity contribution in [2.75, 3.05) is 14.2 Å². The fourth-order valence-electron chi connectivity index (χ4n) is 3.89. The zero-order valence-electron chi connectivity index (χ0n) is 18.1. The van der Waals surface area contributed by atoms with E-state index >= 15 is 0 Å². The summed E-state index contributed by atoms with van der Waals surface area (Å²) in [4.78, 5) is 0. The third kappa shape index (κ3) is 4.01. The van der Waals surface area contributed by atoms with Crippen LogP contribution in [0, 0.1) is 11.8 Å². The summed E-state index contributed by atoms with van der Waals surface area (Å²) in [7, 11) is 3.33. The first-order chi connectivity index (χ1) is 13.9. The number of benzene rings is 2. The number of hydrogen-bond acceptors (Lipinski definition) is 5. The number of methoxy groups -OCH3 is 2. The number of fused-ring (bicyclic) bond motifs is 2. The van der Waals surface area contributed by atoms with Crippen molar-refractivity contribution in [3.63, 3.8) is 0 Å². The van der Waals surface area contributed by atoms with Gasteiger partial charge in [-0.05, 0) is 48.9 Å². The molecular formula is C24H30O5. The van der Waals surface area contributed by atoms with Crippen molar-refractivity contribution in [2.45, 2.75) is 52.7 Å². The molecule has 0 spiro atoms. The van der Waals surface area contributed by atoms with Crippen molar-refractivity contribution >= 4 is 0 Å². The van der Waals surface area contributed by atoms with Crippen LogP contribution in [0.1, 0.15) is 63.9 Å². The first-order valence-electron chi connectivity index (χ1n) is 10.4. The Bertz CT molecular complexity index is 829. The highest BCUT2D eigenvalue weighted by atomic mass is 16.6. The Balaban J connectivity index is 1.64. The van der Waals surface area contributed by atoms with Gasteiger partial charge in [0.2, 0.25) is 11.5 Å². The highest BCUT2D eigenvalue weighted by molar-refractivity contribution is 5.68. The topological polar surface area (TPSA) is 52.8 Å². The van der Waals surface area contributed by atoms with Gasteiger partial charge in [-0.1, -0.05) is 27.7 Å². The van der Waals surface area contributed by atoms with Gasteiger partial charge in [-0.3, -0.25) is 0 Å². The molecule has 156 valence electrons. The third-order valence-electron chi connectivity index (χ3n) is 5.37. The minimum absolute atomic E-state index is 0.0580. The van der Waals surface area contributed by atoms with Crippen molar-refractivity contribution in [3.8, 4) is 34.5 Å². The SMILES string of the molecule is COc1ccc(C(CC(C)C)OC(CC(C)C)c2ccc(OC)c3c2O3)c2c1O2. The van der Waals surface area contributed by atoms with E-state index in [9.17, 15) is 0 Å². The van der Waals surface area contributed by atoms with Crippen LogP contribution < -0.4 is 18.9 Å². The maximum absolute atomic E-state index is 6.78. The Labute approximate surface area is 172 Å². The van der Waals surface area contributed by atoms with Crippen LogP contribution >= 0.6 is 0 Å². The maximum Gasteiger partial charge on any atom is 0.212 e. The second kappa shape index (κ2) is 7.79. The van der Waals surface area contributed by atoms with Gasteiger partial charge in [0.1, 0.15) is 0 Å². The predicted octanol–water partition coefficient (Wildman–Crippen LogP) is 6.81. The Morgan fingerprint density at radius 3 is 1.41 bits per heavy atom. The van der Waals surface area contributed by atoms with Crippen LogP contribution in [-0.2, 0) is 4.74 Å². The zero-order chi connectivity index (χ0) is 20.7. The molecule has 0 radical (unpaired) electrons. The molecule has 0 saturated heterocycles. The van der Waals surface area contributed by atoms with E-state index in [0.717, 1.165) is 58.5 Å². The molecule has 2 aromatic rings. The third-order valence-corrected chi connectivity index (χ3v) is 5.37. The first-order valence-corrected chi connectivity index (χ1v) is 10.4. The lowest BCUT2D eigenvalue weighted by Crippen LogP contribution is -2.14. The molecule has 4 rings (SSSR count). The van der Waals surface area contributed by atoms with Gasteiger partial charge in [-0.15, -0.1) is 0 Å². The molecule has 5 nitrogen and oxygen atoms in total. The van der Waals surface area contributed by atoms with Crippen molar-refractivity contribution in [1.29, 1.82) is 0 Å². The smallest absolute Gasteiger partial charge is 0.212 e. The molecule has 0 amide bonds. The average molecular weight is 398 g/mol. The molecule has 2 unspecified atom stereocenters. The molecule has 2 aliphatic rings. The predicted molar refractivity (Wildman–Crippen MR) is 112 cm³/mol. The molecule has 0 fully saturated rings. The highest BCUT2D eigenvalue weighted by Crippen LogP contribution is 2.60. The van der Waals surface area contributed by atoms with E-state index in [1.807, 2.05) is 12.1 Å². The van der Waals surface area contributed by atoms with Gasteiger partial charge in [0, 0.05) is 11.1 Å². The van der Waals surface area contributed by atoms with Crippen molar-refractivity contribution in [3.05, 3.63) is 35.4 Å². The average Bonchev–Trinajstić information content (AvgIpc) is 3.57. The molecule has 29 heavy (non-hydrogen) atoms. The van der Waals surface area contributed by atoms with Crippen molar-refractivity contribution in [2.24, 2.45) is 11.8 Å². The van der Waals surface area contributed by atoms with Crippen molar-refractivity contribution in [1.82, 2.24) is 0 Å². The van der Waals surface area contributed by atoms with Crippen LogP contribution in [0.15, 0.2) is 24.3 Å². The number of ether oxygens (including phenoxy) is 5. The number of rotatable bonds is 10. The van der Waals surface area contributed by atoms with Gasteiger partial charge in [-0.2, -0.15) is 0 Å². The van der Waals surface area contributed by atoms with Gasteiger partial charge in [0.25, 0.3) is 0 Å². The molecular weight excluding hydrogens is 368 g/mol. The molecule has 0 bridgehead atoms. The van der Waals surface area contributed by atoms with Crippen LogP contribution in [0.25, 0.3) is 0 Å². The lowest BCUT2D eigenvalue weighted by Gasteiger charge is -2.27. The van der Waals surface area contributed by atoms with Gasteiger partial charge in [0.15, 0.2) is 23.0 Å². The van der Waals surface area contributed by atoms with Gasteiger partial charge in [-0.25, -0.2) is 0 Å². The first kappa shape index (κ1) is 19.9. The molecule has 2 heterocycles. The van der Waals surface area contributed by atoms with E-state index in [0.29, 0.717) is 11.8 Å². The van der Waals surface area contributed by atoms with E-state index in [1.54, 1.807) is 14.2 Å². The summed E-state index contributed by atoms with van der Waals surface area (Å²) in [6, 6.07) is 8.07. The van der Waals surface area contributed by atoms with Crippen LogP contribution in [0.2, 0.25) is 0 Å². The molecule has 5 heteroatoms. The summed E-state index contributed by atoms with van der Waals surface area (Å²) >= 11 is 0. The van der Waals surface area contributed by atoms with Crippen LogP contribution in [-0.4, -0.2) is 14.2 Å². The second-order valence-corrected chi connectivity index (χ2v) is 8.61. The molecule has 2 aliphatic heterocycles. The summed E-state index contributed by atoms with van der Waals surface area (Å²) in [6.07, 6.45) is 1.71. The fraction of sp³-hybridized carbons (Fsp3) is 0.500. The van der Waals surface area contributed by atoms with Crippen LogP contribution in [0.4, 0.5) is 0 Å². The Morgan fingerprint density at radius 1 is 0.655 bits per heavy atom. The fourth-order valence-corrected chi connectivity index (χ4v) is 3.89. The molecule has 0 N–H and O–H groups in total. The van der Waals surface area contributed by atoms with Gasteiger partial charge in [0.05, 0.1) is 26.4 Å². The summed E-state index contributed by atoms with van der Waals surface area (Å²) in [5.74, 6) is 6.01. The summed E-state index contributed by atoms with van der Waals surface area (Å²) in [5.41, 5.74) is 2.19. The Morgan fingerprint density at radius 2 is 1.07 bits per heavy atom. The molecule has 2 aromatic carbocycles. The van der Waals surface area contributed by atoms with Gasteiger partial charge < -0.3 is 23.7 Å². The molecule has 0 aromatic heterocycles. The summed E-state index contributed by atoms with van der Waals surface area (Å²) in [5, 5.41) is 0. The van der Waals surface area contributed by atoms with E-state index in [2.05, 4.69) is 39.8 Å². The maximum atomic E-state index is 6.78. The highest BCUT2D eigenvalue weighted by Gasteiger charge is 2.37. The molecule has 0 saturated carbocycles. The monoisotopic (exact) mass is 398 g/mol. The van der Waals surface area contributed by atoms with E-state index < -0.39 is 0 Å². The van der Waals surface area contributed by atoms with E-state index in [1.165, 1.54) is 0 Å². The summed E-state index contributed by atoms with van der Waals surface area (Å²) < 4.78 is 29.0. The van der Waals surface area contributed by atoms with Gasteiger partial charge >= 0.3 is 0 Å². The number of hydrogen-bond donors (Lipinski definition) is 0. The Hall–Kier alpha value is -2.40. The van der Waals surface area contributed by atoms with Crippen molar-refractivity contribution < 1.29 is 23.7 Å². The van der Waals surface area contributed by atoms with Crippen LogP contribution in [0.3, 0.4) is 0 Å². The summed E-state index contributed by atoms with van der Waals surface area (Å²) in [6.45, 7) is 8.87. The lowest BCUT2D eigenvalue weighted by atomic mass is 9.96. The normalized spacial score (nSPS) is 15.2. The zero-order valence-corrected chi connectivity index (χ0v) is 18.1. The van der Waals surface area contributed by atoms with Crippen LogP contribution in [0.5, 0.6) is 34.5 Å². The minimum atomic E-state index is -0.0580. The Kier molecular flexibility index (Phi) is 5.34. The largest absolute Gasteiger partial charge is 0.493 e. The standard InChI is InChI=1S/C24H30O5/c1-13(2)11-19(15-7-9-17(25-5)23-21(15)28-23)27-20(12-14(3)4)16-8-10-18(26-6)24-22(16)29-24/h7-10,13-14,19-20H,11-12H2,1-6H3.